The van der Waals surface area contributed by atoms with Gasteiger partial charge in [-0.05, 0) is 36.2 Å². The first-order valence-electron chi connectivity index (χ1n) is 9.34. The first kappa shape index (κ1) is 18.8. The molecular weight excluding hydrogens is 371 g/mol. The van der Waals surface area contributed by atoms with Crippen molar-refractivity contribution in [2.45, 2.75) is 19.9 Å². The lowest BCUT2D eigenvalue weighted by Gasteiger charge is -2.14. The summed E-state index contributed by atoms with van der Waals surface area (Å²) in [6.07, 6.45) is 2.19. The number of benzene rings is 2. The van der Waals surface area contributed by atoms with Crippen LogP contribution in [0.2, 0.25) is 0 Å². The molecule has 0 aliphatic carbocycles. The predicted octanol–water partition coefficient (Wildman–Crippen LogP) is 2.96. The normalized spacial score (nSPS) is 11.1. The molecule has 29 heavy (non-hydrogen) atoms. The van der Waals surface area contributed by atoms with Gasteiger partial charge in [-0.15, -0.1) is 5.10 Å². The van der Waals surface area contributed by atoms with E-state index in [9.17, 15) is 9.18 Å². The van der Waals surface area contributed by atoms with Crippen molar-refractivity contribution in [1.29, 1.82) is 0 Å². The molecule has 0 fully saturated rings. The van der Waals surface area contributed by atoms with E-state index in [2.05, 4.69) is 20.3 Å². The van der Waals surface area contributed by atoms with Crippen LogP contribution in [0.15, 0.2) is 48.7 Å². The van der Waals surface area contributed by atoms with Crippen molar-refractivity contribution in [2.75, 3.05) is 13.6 Å². The van der Waals surface area contributed by atoms with Crippen LogP contribution in [0.25, 0.3) is 11.0 Å². The molecule has 0 radical (unpaired) electrons. The Hall–Kier alpha value is -3.55. The van der Waals surface area contributed by atoms with Gasteiger partial charge in [-0.3, -0.25) is 4.79 Å². The Balaban J connectivity index is 1.38. The van der Waals surface area contributed by atoms with E-state index < -0.39 is 0 Å². The molecule has 2 heterocycles. The smallest absolute Gasteiger partial charge is 0.275 e. The van der Waals surface area contributed by atoms with Crippen LogP contribution in [-0.2, 0) is 13.0 Å². The number of hydrogen-bond donors (Lipinski definition) is 1. The van der Waals surface area contributed by atoms with Crippen molar-refractivity contribution < 1.29 is 9.18 Å². The van der Waals surface area contributed by atoms with Crippen LogP contribution in [0.3, 0.4) is 0 Å². The molecule has 0 aliphatic rings. The number of carbonyl (C=O) groups is 1. The van der Waals surface area contributed by atoms with E-state index in [0.29, 0.717) is 42.1 Å². The molecule has 0 bridgehead atoms. The van der Waals surface area contributed by atoms with Crippen LogP contribution in [0.1, 0.15) is 27.4 Å². The lowest BCUT2D eigenvalue weighted by molar-refractivity contribution is 0.0790. The fourth-order valence-corrected chi connectivity index (χ4v) is 3.16. The third kappa shape index (κ3) is 4.16. The summed E-state index contributed by atoms with van der Waals surface area (Å²) in [5.41, 5.74) is 3.94. The predicted molar refractivity (Wildman–Crippen MR) is 107 cm³/mol. The molecule has 0 aliphatic heterocycles. The second-order valence-corrected chi connectivity index (χ2v) is 7.05. The highest BCUT2D eigenvalue weighted by atomic mass is 19.1. The number of aromatic amines is 1. The van der Waals surface area contributed by atoms with E-state index >= 15 is 0 Å². The number of nitrogens with one attached hydrogen (secondary N) is 1. The molecule has 0 saturated heterocycles. The van der Waals surface area contributed by atoms with Crippen molar-refractivity contribution >= 4 is 16.9 Å². The average Bonchev–Trinajstić information content (AvgIpc) is 3.33. The van der Waals surface area contributed by atoms with E-state index in [0.717, 1.165) is 5.56 Å². The van der Waals surface area contributed by atoms with E-state index in [1.54, 1.807) is 28.9 Å². The maximum atomic E-state index is 13.3. The molecule has 0 spiro atoms. The number of hydrogen-bond acceptors (Lipinski definition) is 4. The quantitative estimate of drug-likeness (QED) is 0.547. The largest absolute Gasteiger partial charge is 0.342 e. The van der Waals surface area contributed by atoms with E-state index in [1.807, 2.05) is 31.2 Å². The van der Waals surface area contributed by atoms with Gasteiger partial charge in [-0.2, -0.15) is 0 Å². The second kappa shape index (κ2) is 7.83. The van der Waals surface area contributed by atoms with Gasteiger partial charge in [-0.1, -0.05) is 29.5 Å². The number of rotatable bonds is 6. The third-order valence-corrected chi connectivity index (χ3v) is 4.88. The lowest BCUT2D eigenvalue weighted by atomic mass is 10.1. The van der Waals surface area contributed by atoms with Gasteiger partial charge < -0.3 is 9.88 Å². The minimum absolute atomic E-state index is 0.205. The molecule has 0 atom stereocenters. The Morgan fingerprint density at radius 3 is 2.90 bits per heavy atom. The van der Waals surface area contributed by atoms with Crippen LogP contribution in [0, 0.1) is 12.7 Å². The van der Waals surface area contributed by atoms with Crippen LogP contribution in [0.5, 0.6) is 0 Å². The van der Waals surface area contributed by atoms with Crippen molar-refractivity contribution in [3.63, 3.8) is 0 Å². The number of fused-ring (bicyclic) bond motifs is 1. The number of imidazole rings is 1. The maximum Gasteiger partial charge on any atom is 0.275 e. The Kier molecular flexibility index (Phi) is 5.07. The van der Waals surface area contributed by atoms with E-state index in [1.165, 1.54) is 17.7 Å². The van der Waals surface area contributed by atoms with Crippen molar-refractivity contribution in [3.8, 4) is 0 Å². The van der Waals surface area contributed by atoms with Crippen LogP contribution in [0.4, 0.5) is 4.39 Å². The summed E-state index contributed by atoms with van der Waals surface area (Å²) in [6, 6.07) is 12.5. The van der Waals surface area contributed by atoms with E-state index in [-0.39, 0.29) is 11.7 Å². The summed E-state index contributed by atoms with van der Waals surface area (Å²) in [6.45, 7) is 3.05. The second-order valence-electron chi connectivity index (χ2n) is 7.05. The molecule has 1 amide bonds. The van der Waals surface area contributed by atoms with Gasteiger partial charge in [0.05, 0.1) is 23.8 Å². The topological polar surface area (TPSA) is 79.7 Å². The molecule has 2 aromatic heterocycles. The van der Waals surface area contributed by atoms with Gasteiger partial charge in [0, 0.05) is 20.0 Å². The summed E-state index contributed by atoms with van der Waals surface area (Å²) in [7, 11) is 1.71. The Morgan fingerprint density at radius 1 is 1.24 bits per heavy atom. The van der Waals surface area contributed by atoms with Crippen LogP contribution >= 0.6 is 0 Å². The first-order valence-corrected chi connectivity index (χ1v) is 9.34. The minimum Gasteiger partial charge on any atom is -0.342 e. The maximum absolute atomic E-state index is 13.3. The molecule has 8 heteroatoms. The third-order valence-electron chi connectivity index (χ3n) is 4.88. The number of amides is 1. The highest BCUT2D eigenvalue weighted by molar-refractivity contribution is 5.91. The van der Waals surface area contributed by atoms with Crippen LogP contribution < -0.4 is 0 Å². The standard InChI is InChI=1S/C21H21FN6O/c1-14-5-3-4-6-15(14)12-28-13-19(25-26-28)21(29)27(2)10-9-20-23-17-8-7-16(22)11-18(17)24-20/h3-8,11,13H,9-10,12H2,1-2H3,(H,23,24). The highest BCUT2D eigenvalue weighted by Gasteiger charge is 2.16. The summed E-state index contributed by atoms with van der Waals surface area (Å²) in [4.78, 5) is 21.7. The number of likely N-dealkylation sites (N-methyl/N-ethyl adjacent to an activating group) is 1. The van der Waals surface area contributed by atoms with E-state index in [4.69, 9.17) is 0 Å². The summed E-state index contributed by atoms with van der Waals surface area (Å²) >= 11 is 0. The molecule has 7 nitrogen and oxygen atoms in total. The molecule has 0 unspecified atom stereocenters. The molecule has 1 N–H and O–H groups in total. The monoisotopic (exact) mass is 392 g/mol. The van der Waals surface area contributed by atoms with Gasteiger partial charge >= 0.3 is 0 Å². The SMILES string of the molecule is Cc1ccccc1Cn1cc(C(=O)N(C)CCc2nc3ccc(F)cc3[nH]2)nn1. The zero-order valence-electron chi connectivity index (χ0n) is 16.3. The zero-order valence-corrected chi connectivity index (χ0v) is 16.3. The van der Waals surface area contributed by atoms with Crippen molar-refractivity contribution in [3.05, 3.63) is 77.1 Å². The Morgan fingerprint density at radius 2 is 2.07 bits per heavy atom. The Bertz CT molecular complexity index is 1160. The summed E-state index contributed by atoms with van der Waals surface area (Å²) in [5.74, 6) is 0.186. The fourth-order valence-electron chi connectivity index (χ4n) is 3.16. The zero-order chi connectivity index (χ0) is 20.4. The van der Waals surface area contributed by atoms with Crippen LogP contribution in [-0.4, -0.2) is 49.4 Å². The number of aryl methyl sites for hydroxylation is 1. The van der Waals surface area contributed by atoms with Gasteiger partial charge in [0.1, 0.15) is 11.6 Å². The molecule has 4 aromatic rings. The molecule has 2 aromatic carbocycles. The number of H-pyrrole nitrogens is 1. The van der Waals surface area contributed by atoms with Crippen molar-refractivity contribution in [1.82, 2.24) is 29.9 Å². The molecule has 0 saturated carbocycles. The Labute approximate surface area is 167 Å². The number of nitrogens with zero attached hydrogens (tertiary/aromatic N) is 5. The fraction of sp³-hybridized carbons (Fsp3) is 0.238. The lowest BCUT2D eigenvalue weighted by Crippen LogP contribution is -2.29. The summed E-state index contributed by atoms with van der Waals surface area (Å²) < 4.78 is 15.0. The van der Waals surface area contributed by atoms with Gasteiger partial charge in [0.2, 0.25) is 0 Å². The summed E-state index contributed by atoms with van der Waals surface area (Å²) in [5, 5.41) is 8.10. The number of aromatic nitrogens is 5. The number of carbonyl (C=O) groups excluding carboxylic acids is 1. The van der Waals surface area contributed by atoms with Crippen molar-refractivity contribution in [2.24, 2.45) is 0 Å². The first-order chi connectivity index (χ1) is 14.0. The molecule has 148 valence electrons. The number of halogens is 1. The minimum atomic E-state index is -0.311. The molecular formula is C21H21FN6O. The highest BCUT2D eigenvalue weighted by Crippen LogP contribution is 2.14. The average molecular weight is 392 g/mol. The van der Waals surface area contributed by atoms with Gasteiger partial charge in [-0.25, -0.2) is 14.1 Å². The molecule has 4 rings (SSSR count). The van der Waals surface area contributed by atoms with Gasteiger partial charge in [0.15, 0.2) is 5.69 Å². The van der Waals surface area contributed by atoms with Gasteiger partial charge in [0.25, 0.3) is 5.91 Å².